The van der Waals surface area contributed by atoms with Crippen LogP contribution in [0.1, 0.15) is 23.9 Å². The Morgan fingerprint density at radius 1 is 0.714 bits per heavy atom. The lowest BCUT2D eigenvalue weighted by atomic mass is 9.96. The standard InChI is InChI=1S/C26H22N2/c1-4-23-27-25(20-14-16(2)13-17(3)15-20)22-12-11-19-10-9-18-7-5-6-8-21(18)24(19)26(22)28-23/h5-15H,4H2,1-3H3. The molecule has 5 aromatic rings. The number of fused-ring (bicyclic) bond motifs is 5. The van der Waals surface area contributed by atoms with Crippen LogP contribution < -0.4 is 0 Å². The molecule has 0 aliphatic carbocycles. The highest BCUT2D eigenvalue weighted by Crippen LogP contribution is 2.35. The van der Waals surface area contributed by atoms with E-state index in [1.807, 2.05) is 0 Å². The Bertz CT molecular complexity index is 1350. The summed E-state index contributed by atoms with van der Waals surface area (Å²) < 4.78 is 0. The summed E-state index contributed by atoms with van der Waals surface area (Å²) in [6, 6.07) is 24.0. The number of benzene rings is 4. The van der Waals surface area contributed by atoms with Crippen LogP contribution in [0.15, 0.2) is 66.7 Å². The van der Waals surface area contributed by atoms with E-state index < -0.39 is 0 Å². The average Bonchev–Trinajstić information content (AvgIpc) is 2.71. The Kier molecular flexibility index (Phi) is 3.87. The van der Waals surface area contributed by atoms with Gasteiger partial charge in [-0.25, -0.2) is 9.97 Å². The Morgan fingerprint density at radius 2 is 1.43 bits per heavy atom. The molecule has 4 aromatic carbocycles. The second kappa shape index (κ2) is 6.42. The van der Waals surface area contributed by atoms with Gasteiger partial charge in [-0.05, 0) is 48.2 Å². The second-order valence-corrected chi connectivity index (χ2v) is 7.56. The third kappa shape index (κ3) is 2.65. The van der Waals surface area contributed by atoms with E-state index in [1.165, 1.54) is 38.2 Å². The maximum atomic E-state index is 4.99. The average molecular weight is 362 g/mol. The number of aromatic nitrogens is 2. The Labute approximate surface area is 164 Å². The van der Waals surface area contributed by atoms with E-state index in [0.29, 0.717) is 0 Å². The van der Waals surface area contributed by atoms with Gasteiger partial charge >= 0.3 is 0 Å². The molecule has 0 amide bonds. The molecule has 0 atom stereocenters. The first-order valence-corrected chi connectivity index (χ1v) is 9.84. The van der Waals surface area contributed by atoms with Gasteiger partial charge in [0.2, 0.25) is 0 Å². The number of hydrogen-bond acceptors (Lipinski definition) is 2. The van der Waals surface area contributed by atoms with Crippen molar-refractivity contribution in [2.75, 3.05) is 0 Å². The summed E-state index contributed by atoms with van der Waals surface area (Å²) in [5.41, 5.74) is 5.76. The van der Waals surface area contributed by atoms with Crippen molar-refractivity contribution in [1.29, 1.82) is 0 Å². The summed E-state index contributed by atoms with van der Waals surface area (Å²) in [5.74, 6) is 0.891. The highest BCUT2D eigenvalue weighted by atomic mass is 14.9. The predicted molar refractivity (Wildman–Crippen MR) is 119 cm³/mol. The lowest BCUT2D eigenvalue weighted by molar-refractivity contribution is 0.965. The summed E-state index contributed by atoms with van der Waals surface area (Å²) in [6.07, 6.45) is 0.814. The largest absolute Gasteiger partial charge is 0.232 e. The van der Waals surface area contributed by atoms with Gasteiger partial charge in [-0.15, -0.1) is 0 Å². The quantitative estimate of drug-likeness (QED) is 0.323. The fourth-order valence-electron chi connectivity index (χ4n) is 4.22. The lowest BCUT2D eigenvalue weighted by Crippen LogP contribution is -1.99. The summed E-state index contributed by atoms with van der Waals surface area (Å²) >= 11 is 0. The lowest BCUT2D eigenvalue weighted by Gasteiger charge is -2.13. The van der Waals surface area contributed by atoms with Crippen molar-refractivity contribution in [3.8, 4) is 11.3 Å². The van der Waals surface area contributed by atoms with Crippen molar-refractivity contribution in [2.24, 2.45) is 0 Å². The SMILES string of the molecule is CCc1nc(-c2cc(C)cc(C)c2)c2ccc3ccc4ccccc4c3c2n1. The molecule has 0 fully saturated rings. The molecule has 0 saturated heterocycles. The molecule has 0 aliphatic heterocycles. The maximum Gasteiger partial charge on any atom is 0.129 e. The minimum atomic E-state index is 0.814. The number of rotatable bonds is 2. The summed E-state index contributed by atoms with van der Waals surface area (Å²) in [4.78, 5) is 9.94. The van der Waals surface area contributed by atoms with Crippen LogP contribution in [-0.4, -0.2) is 9.97 Å². The molecule has 2 heteroatoms. The van der Waals surface area contributed by atoms with Gasteiger partial charge in [0.15, 0.2) is 0 Å². The molecule has 0 unspecified atom stereocenters. The minimum absolute atomic E-state index is 0.814. The molecule has 1 aromatic heterocycles. The van der Waals surface area contributed by atoms with Crippen LogP contribution in [0.25, 0.3) is 43.7 Å². The van der Waals surface area contributed by atoms with E-state index in [2.05, 4.69) is 87.5 Å². The van der Waals surface area contributed by atoms with Crippen molar-refractivity contribution < 1.29 is 0 Å². The summed E-state index contributed by atoms with van der Waals surface area (Å²) in [5, 5.41) is 6.05. The number of aryl methyl sites for hydroxylation is 3. The van der Waals surface area contributed by atoms with E-state index in [0.717, 1.165) is 28.8 Å². The van der Waals surface area contributed by atoms with Crippen molar-refractivity contribution in [1.82, 2.24) is 9.97 Å². The molecule has 136 valence electrons. The molecule has 0 aliphatic rings. The predicted octanol–water partition coefficient (Wildman–Crippen LogP) is 6.78. The highest BCUT2D eigenvalue weighted by Gasteiger charge is 2.14. The first-order chi connectivity index (χ1) is 13.6. The Morgan fingerprint density at radius 3 is 2.21 bits per heavy atom. The first kappa shape index (κ1) is 16.9. The minimum Gasteiger partial charge on any atom is -0.232 e. The van der Waals surface area contributed by atoms with E-state index in [9.17, 15) is 0 Å². The highest BCUT2D eigenvalue weighted by molar-refractivity contribution is 6.20. The van der Waals surface area contributed by atoms with Gasteiger partial charge in [-0.2, -0.15) is 0 Å². The van der Waals surface area contributed by atoms with Crippen LogP contribution >= 0.6 is 0 Å². The third-order valence-electron chi connectivity index (χ3n) is 5.43. The van der Waals surface area contributed by atoms with Gasteiger partial charge < -0.3 is 0 Å². The monoisotopic (exact) mass is 362 g/mol. The molecule has 5 rings (SSSR count). The molecular weight excluding hydrogens is 340 g/mol. The Balaban J connectivity index is 1.97. The summed E-state index contributed by atoms with van der Waals surface area (Å²) in [6.45, 7) is 6.41. The number of nitrogens with zero attached hydrogens (tertiary/aromatic N) is 2. The second-order valence-electron chi connectivity index (χ2n) is 7.56. The molecule has 28 heavy (non-hydrogen) atoms. The van der Waals surface area contributed by atoms with E-state index >= 15 is 0 Å². The van der Waals surface area contributed by atoms with Crippen LogP contribution in [0.4, 0.5) is 0 Å². The van der Waals surface area contributed by atoms with Crippen molar-refractivity contribution in [3.63, 3.8) is 0 Å². The van der Waals surface area contributed by atoms with Crippen molar-refractivity contribution >= 4 is 32.4 Å². The summed E-state index contributed by atoms with van der Waals surface area (Å²) in [7, 11) is 0. The zero-order chi connectivity index (χ0) is 19.3. The molecular formula is C26H22N2. The van der Waals surface area contributed by atoms with Crippen LogP contribution in [0.5, 0.6) is 0 Å². The van der Waals surface area contributed by atoms with Gasteiger partial charge in [0.25, 0.3) is 0 Å². The molecule has 1 heterocycles. The van der Waals surface area contributed by atoms with Gasteiger partial charge in [0.1, 0.15) is 5.82 Å². The van der Waals surface area contributed by atoms with E-state index in [1.54, 1.807) is 0 Å². The van der Waals surface area contributed by atoms with Gasteiger partial charge in [0.05, 0.1) is 11.2 Å². The number of hydrogen-bond donors (Lipinski definition) is 0. The van der Waals surface area contributed by atoms with Gasteiger partial charge in [-0.1, -0.05) is 66.6 Å². The molecule has 0 spiro atoms. The van der Waals surface area contributed by atoms with E-state index in [-0.39, 0.29) is 0 Å². The molecule has 0 bridgehead atoms. The smallest absolute Gasteiger partial charge is 0.129 e. The van der Waals surface area contributed by atoms with Crippen LogP contribution in [0, 0.1) is 13.8 Å². The molecule has 2 nitrogen and oxygen atoms in total. The molecule has 0 saturated carbocycles. The topological polar surface area (TPSA) is 25.8 Å². The van der Waals surface area contributed by atoms with Crippen LogP contribution in [-0.2, 0) is 6.42 Å². The van der Waals surface area contributed by atoms with Crippen molar-refractivity contribution in [2.45, 2.75) is 27.2 Å². The Hall–Kier alpha value is -3.26. The molecule has 0 N–H and O–H groups in total. The van der Waals surface area contributed by atoms with Crippen molar-refractivity contribution in [3.05, 3.63) is 83.7 Å². The maximum absolute atomic E-state index is 4.99. The van der Waals surface area contributed by atoms with Crippen LogP contribution in [0.3, 0.4) is 0 Å². The fraction of sp³-hybridized carbons (Fsp3) is 0.154. The normalized spacial score (nSPS) is 11.5. The third-order valence-corrected chi connectivity index (χ3v) is 5.43. The van der Waals surface area contributed by atoms with E-state index in [4.69, 9.17) is 9.97 Å². The fourth-order valence-corrected chi connectivity index (χ4v) is 4.22. The molecule has 0 radical (unpaired) electrons. The first-order valence-electron chi connectivity index (χ1n) is 9.84. The van der Waals surface area contributed by atoms with Gasteiger partial charge in [0, 0.05) is 22.8 Å². The zero-order valence-corrected chi connectivity index (χ0v) is 16.5. The van der Waals surface area contributed by atoms with Crippen LogP contribution in [0.2, 0.25) is 0 Å². The zero-order valence-electron chi connectivity index (χ0n) is 16.5. The van der Waals surface area contributed by atoms with Gasteiger partial charge in [-0.3, -0.25) is 0 Å².